The smallest absolute Gasteiger partial charge is 0.339 e. The van der Waals surface area contributed by atoms with Gasteiger partial charge >= 0.3 is 5.97 Å². The van der Waals surface area contributed by atoms with Crippen LogP contribution in [-0.4, -0.2) is 19.1 Å². The summed E-state index contributed by atoms with van der Waals surface area (Å²) in [5, 5.41) is 2.99. The lowest BCUT2D eigenvalue weighted by Gasteiger charge is -2.13. The molecule has 0 saturated carbocycles. The number of carbonyl (C=O) groups excluding carboxylic acids is 1. The number of esters is 1. The van der Waals surface area contributed by atoms with Crippen molar-refractivity contribution in [3.8, 4) is 0 Å². The molecule has 1 aromatic carbocycles. The molecule has 0 radical (unpaired) electrons. The Morgan fingerprint density at radius 3 is 2.67 bits per heavy atom. The summed E-state index contributed by atoms with van der Waals surface area (Å²) < 4.78 is 17.6. The maximum absolute atomic E-state index is 13.0. The maximum Gasteiger partial charge on any atom is 0.339 e. The minimum Gasteiger partial charge on any atom is -0.465 e. The average Bonchev–Trinajstić information content (AvgIpc) is 2.16. The van der Waals surface area contributed by atoms with Crippen LogP contribution in [0.4, 0.5) is 10.1 Å². The highest BCUT2D eigenvalue weighted by molar-refractivity contribution is 5.95. The Bertz CT molecular complexity index is 364. The van der Waals surface area contributed by atoms with E-state index < -0.39 is 5.97 Å². The first-order valence-electron chi connectivity index (χ1n) is 4.69. The number of ether oxygens (including phenoxy) is 1. The Hall–Kier alpha value is -1.58. The molecule has 0 spiro atoms. The standard InChI is InChI=1S/C11H14FNO2/c1-7(2)13-10-6-8(12)4-5-9(10)11(14)15-3/h4-7,13H,1-3H3. The molecule has 0 aliphatic rings. The van der Waals surface area contributed by atoms with Gasteiger partial charge in [-0.1, -0.05) is 0 Å². The predicted octanol–water partition coefficient (Wildman–Crippen LogP) is 2.43. The van der Waals surface area contributed by atoms with Gasteiger partial charge in [-0.25, -0.2) is 9.18 Å². The summed E-state index contributed by atoms with van der Waals surface area (Å²) in [5.74, 6) is -0.857. The zero-order valence-electron chi connectivity index (χ0n) is 9.00. The zero-order chi connectivity index (χ0) is 11.4. The van der Waals surface area contributed by atoms with Crippen molar-refractivity contribution >= 4 is 11.7 Å². The summed E-state index contributed by atoms with van der Waals surface area (Å²) in [6.45, 7) is 3.82. The van der Waals surface area contributed by atoms with Gasteiger partial charge in [0.1, 0.15) is 5.82 Å². The summed E-state index contributed by atoms with van der Waals surface area (Å²) in [4.78, 5) is 11.3. The average molecular weight is 211 g/mol. The van der Waals surface area contributed by atoms with Crippen LogP contribution in [0.3, 0.4) is 0 Å². The van der Waals surface area contributed by atoms with Crippen molar-refractivity contribution in [2.24, 2.45) is 0 Å². The molecule has 0 aromatic heterocycles. The molecule has 82 valence electrons. The van der Waals surface area contributed by atoms with E-state index in [2.05, 4.69) is 10.1 Å². The molecule has 4 heteroatoms. The number of hydrogen-bond acceptors (Lipinski definition) is 3. The lowest BCUT2D eigenvalue weighted by Crippen LogP contribution is -2.14. The minimum absolute atomic E-state index is 0.121. The lowest BCUT2D eigenvalue weighted by molar-refractivity contribution is 0.0602. The molecule has 1 N–H and O–H groups in total. The summed E-state index contributed by atoms with van der Waals surface area (Å²) in [6, 6.07) is 4.05. The van der Waals surface area contributed by atoms with Crippen LogP contribution in [0, 0.1) is 5.82 Å². The van der Waals surface area contributed by atoms with Crippen LogP contribution in [-0.2, 0) is 4.74 Å². The van der Waals surface area contributed by atoms with Gasteiger partial charge in [-0.3, -0.25) is 0 Å². The van der Waals surface area contributed by atoms with Crippen LogP contribution in [0.15, 0.2) is 18.2 Å². The maximum atomic E-state index is 13.0. The van der Waals surface area contributed by atoms with Gasteiger partial charge in [-0.05, 0) is 32.0 Å². The van der Waals surface area contributed by atoms with Crippen LogP contribution in [0.1, 0.15) is 24.2 Å². The molecule has 0 unspecified atom stereocenters. The Labute approximate surface area is 88.2 Å². The topological polar surface area (TPSA) is 38.3 Å². The molecular weight excluding hydrogens is 197 g/mol. The molecule has 0 amide bonds. The molecule has 0 atom stereocenters. The summed E-state index contributed by atoms with van der Waals surface area (Å²) in [5.41, 5.74) is 0.796. The molecule has 0 fully saturated rings. The SMILES string of the molecule is COC(=O)c1ccc(F)cc1NC(C)C. The van der Waals surface area contributed by atoms with Gasteiger partial charge in [0.15, 0.2) is 0 Å². The molecule has 1 aromatic rings. The van der Waals surface area contributed by atoms with E-state index in [9.17, 15) is 9.18 Å². The van der Waals surface area contributed by atoms with E-state index in [4.69, 9.17) is 0 Å². The van der Waals surface area contributed by atoms with E-state index in [1.165, 1.54) is 25.3 Å². The van der Waals surface area contributed by atoms with E-state index in [1.807, 2.05) is 13.8 Å². The van der Waals surface area contributed by atoms with Crippen molar-refractivity contribution in [2.45, 2.75) is 19.9 Å². The van der Waals surface area contributed by atoms with Crippen molar-refractivity contribution < 1.29 is 13.9 Å². The number of halogens is 1. The summed E-state index contributed by atoms with van der Waals surface area (Å²) in [7, 11) is 1.30. The number of carbonyl (C=O) groups is 1. The van der Waals surface area contributed by atoms with Gasteiger partial charge in [-0.15, -0.1) is 0 Å². The van der Waals surface area contributed by atoms with Gasteiger partial charge in [0.25, 0.3) is 0 Å². The number of nitrogens with one attached hydrogen (secondary N) is 1. The molecule has 1 rings (SSSR count). The first-order chi connectivity index (χ1) is 7.04. The van der Waals surface area contributed by atoms with E-state index >= 15 is 0 Å². The predicted molar refractivity (Wildman–Crippen MR) is 56.5 cm³/mol. The number of methoxy groups -OCH3 is 1. The summed E-state index contributed by atoms with van der Waals surface area (Å²) in [6.07, 6.45) is 0. The third-order valence-electron chi connectivity index (χ3n) is 1.83. The third-order valence-corrected chi connectivity index (χ3v) is 1.83. The molecular formula is C11H14FNO2. The highest BCUT2D eigenvalue weighted by Gasteiger charge is 2.12. The second-order valence-corrected chi connectivity index (χ2v) is 3.48. The third kappa shape index (κ3) is 2.94. The monoisotopic (exact) mass is 211 g/mol. The van der Waals surface area contributed by atoms with Crippen LogP contribution in [0.2, 0.25) is 0 Å². The highest BCUT2D eigenvalue weighted by Crippen LogP contribution is 2.18. The number of hydrogen-bond donors (Lipinski definition) is 1. The largest absolute Gasteiger partial charge is 0.465 e. The summed E-state index contributed by atoms with van der Waals surface area (Å²) >= 11 is 0. The zero-order valence-corrected chi connectivity index (χ0v) is 9.00. The highest BCUT2D eigenvalue weighted by atomic mass is 19.1. The van der Waals surface area contributed by atoms with E-state index in [0.717, 1.165) is 0 Å². The van der Waals surface area contributed by atoms with Gasteiger partial charge in [0.05, 0.1) is 18.4 Å². The Kier molecular flexibility index (Phi) is 3.66. The van der Waals surface area contributed by atoms with Crippen molar-refractivity contribution in [1.29, 1.82) is 0 Å². The van der Waals surface area contributed by atoms with Gasteiger partial charge in [0.2, 0.25) is 0 Å². The fourth-order valence-corrected chi connectivity index (χ4v) is 1.23. The van der Waals surface area contributed by atoms with Gasteiger partial charge in [-0.2, -0.15) is 0 Å². The Balaban J connectivity index is 3.08. The van der Waals surface area contributed by atoms with Gasteiger partial charge in [0, 0.05) is 6.04 Å². The second-order valence-electron chi connectivity index (χ2n) is 3.48. The molecule has 0 saturated heterocycles. The molecule has 0 bridgehead atoms. The van der Waals surface area contributed by atoms with Crippen molar-refractivity contribution in [3.63, 3.8) is 0 Å². The fourth-order valence-electron chi connectivity index (χ4n) is 1.23. The van der Waals surface area contributed by atoms with E-state index in [1.54, 1.807) is 0 Å². The molecule has 0 aliphatic heterocycles. The molecule has 3 nitrogen and oxygen atoms in total. The van der Waals surface area contributed by atoms with Crippen molar-refractivity contribution in [1.82, 2.24) is 0 Å². The Morgan fingerprint density at radius 2 is 2.13 bits per heavy atom. The normalized spacial score (nSPS) is 10.2. The number of anilines is 1. The van der Waals surface area contributed by atoms with Gasteiger partial charge < -0.3 is 10.1 Å². The molecule has 15 heavy (non-hydrogen) atoms. The fraction of sp³-hybridized carbons (Fsp3) is 0.364. The van der Waals surface area contributed by atoms with Crippen molar-refractivity contribution in [3.05, 3.63) is 29.6 Å². The minimum atomic E-state index is -0.474. The number of rotatable bonds is 3. The van der Waals surface area contributed by atoms with Crippen molar-refractivity contribution in [2.75, 3.05) is 12.4 Å². The molecule has 0 heterocycles. The van der Waals surface area contributed by atoms with Crippen LogP contribution in [0.5, 0.6) is 0 Å². The first kappa shape index (κ1) is 11.5. The van der Waals surface area contributed by atoms with Crippen LogP contribution >= 0.6 is 0 Å². The van der Waals surface area contributed by atoms with Crippen LogP contribution < -0.4 is 5.32 Å². The van der Waals surface area contributed by atoms with E-state index in [-0.39, 0.29) is 11.9 Å². The quantitative estimate of drug-likeness (QED) is 0.780. The van der Waals surface area contributed by atoms with Crippen LogP contribution in [0.25, 0.3) is 0 Å². The number of benzene rings is 1. The Morgan fingerprint density at radius 1 is 1.47 bits per heavy atom. The second kappa shape index (κ2) is 4.77. The first-order valence-corrected chi connectivity index (χ1v) is 4.69. The van der Waals surface area contributed by atoms with E-state index in [0.29, 0.717) is 11.3 Å². The molecule has 0 aliphatic carbocycles. The lowest BCUT2D eigenvalue weighted by atomic mass is 10.1.